The van der Waals surface area contributed by atoms with Gasteiger partial charge in [0.25, 0.3) is 0 Å². The quantitative estimate of drug-likeness (QED) is 0.813. The van der Waals surface area contributed by atoms with Gasteiger partial charge < -0.3 is 15.6 Å². The van der Waals surface area contributed by atoms with Crippen LogP contribution in [0.15, 0.2) is 24.3 Å². The summed E-state index contributed by atoms with van der Waals surface area (Å²) in [5, 5.41) is 9.50. The smallest absolute Gasteiger partial charge is 0.410 e. The molecule has 1 aromatic carbocycles. The molecule has 0 aromatic heterocycles. The molecule has 0 aliphatic carbocycles. The van der Waals surface area contributed by atoms with Crippen LogP contribution in [0.5, 0.6) is 5.75 Å². The number of phenols is 1. The van der Waals surface area contributed by atoms with Gasteiger partial charge in [-0.3, -0.25) is 4.90 Å². The first-order chi connectivity index (χ1) is 8.78. The second-order valence-corrected chi connectivity index (χ2v) is 5.84. The van der Waals surface area contributed by atoms with Crippen molar-refractivity contribution in [1.82, 2.24) is 4.90 Å². The lowest BCUT2D eigenvalue weighted by Gasteiger charge is -2.46. The van der Waals surface area contributed by atoms with E-state index in [1.165, 1.54) is 0 Å². The Hall–Kier alpha value is -1.75. The van der Waals surface area contributed by atoms with Gasteiger partial charge in [0, 0.05) is 12.6 Å². The predicted octanol–water partition coefficient (Wildman–Crippen LogP) is 2.01. The number of phenolic OH excluding ortho intramolecular Hbond substituents is 1. The summed E-state index contributed by atoms with van der Waals surface area (Å²) in [5.74, 6) is 0.167. The van der Waals surface area contributed by atoms with E-state index in [1.54, 1.807) is 23.1 Å². The number of ether oxygens (including phenoxy) is 1. The Balaban J connectivity index is 2.14. The maximum Gasteiger partial charge on any atom is 0.410 e. The molecule has 0 bridgehead atoms. The van der Waals surface area contributed by atoms with Crippen LogP contribution in [0, 0.1) is 0 Å². The standard InChI is InChI=1S/C14H20N2O3/c1-14(2,3)19-13(18)16-8-11(15)12(16)9-5-4-6-10(17)7-9/h4-7,11-12,17H,8,15H2,1-3H3. The second kappa shape index (κ2) is 4.74. The number of benzene rings is 1. The number of hydrogen-bond acceptors (Lipinski definition) is 4. The molecule has 1 saturated heterocycles. The first-order valence-electron chi connectivity index (χ1n) is 6.32. The molecular formula is C14H20N2O3. The SMILES string of the molecule is CC(C)(C)OC(=O)N1CC(N)C1c1cccc(O)c1. The van der Waals surface area contributed by atoms with Crippen molar-refractivity contribution in [2.45, 2.75) is 38.5 Å². The van der Waals surface area contributed by atoms with Crippen molar-refractivity contribution in [2.75, 3.05) is 6.54 Å². The van der Waals surface area contributed by atoms with E-state index in [0.717, 1.165) is 5.56 Å². The maximum absolute atomic E-state index is 12.0. The highest BCUT2D eigenvalue weighted by molar-refractivity contribution is 5.70. The van der Waals surface area contributed by atoms with Crippen LogP contribution in [0.2, 0.25) is 0 Å². The fraction of sp³-hybridized carbons (Fsp3) is 0.500. The van der Waals surface area contributed by atoms with Gasteiger partial charge in [-0.05, 0) is 38.5 Å². The first-order valence-corrected chi connectivity index (χ1v) is 6.32. The van der Waals surface area contributed by atoms with Crippen LogP contribution < -0.4 is 5.73 Å². The Morgan fingerprint density at radius 3 is 2.68 bits per heavy atom. The Morgan fingerprint density at radius 2 is 2.16 bits per heavy atom. The zero-order valence-corrected chi connectivity index (χ0v) is 11.5. The van der Waals surface area contributed by atoms with Crippen molar-refractivity contribution in [3.05, 3.63) is 29.8 Å². The van der Waals surface area contributed by atoms with E-state index in [-0.39, 0.29) is 23.9 Å². The molecule has 0 saturated carbocycles. The third-order valence-corrected chi connectivity index (χ3v) is 2.99. The number of nitrogens with zero attached hydrogens (tertiary/aromatic N) is 1. The van der Waals surface area contributed by atoms with E-state index in [4.69, 9.17) is 10.5 Å². The highest BCUT2D eigenvalue weighted by atomic mass is 16.6. The molecule has 1 heterocycles. The zero-order valence-electron chi connectivity index (χ0n) is 11.5. The highest BCUT2D eigenvalue weighted by Crippen LogP contribution is 2.34. The monoisotopic (exact) mass is 264 g/mol. The summed E-state index contributed by atoms with van der Waals surface area (Å²) >= 11 is 0. The van der Waals surface area contributed by atoms with Gasteiger partial charge in [0.15, 0.2) is 0 Å². The minimum atomic E-state index is -0.528. The Morgan fingerprint density at radius 1 is 1.47 bits per heavy atom. The molecule has 0 radical (unpaired) electrons. The van der Waals surface area contributed by atoms with E-state index < -0.39 is 5.60 Å². The minimum Gasteiger partial charge on any atom is -0.508 e. The largest absolute Gasteiger partial charge is 0.508 e. The molecule has 5 nitrogen and oxygen atoms in total. The Labute approximate surface area is 113 Å². The lowest BCUT2D eigenvalue weighted by atomic mass is 9.90. The Bertz CT molecular complexity index is 482. The summed E-state index contributed by atoms with van der Waals surface area (Å²) in [6.45, 7) is 5.95. The molecule has 2 atom stereocenters. The van der Waals surface area contributed by atoms with Crippen LogP contribution in [0.4, 0.5) is 4.79 Å². The number of carbonyl (C=O) groups is 1. The number of rotatable bonds is 1. The summed E-state index contributed by atoms with van der Waals surface area (Å²) in [7, 11) is 0. The van der Waals surface area contributed by atoms with E-state index in [0.29, 0.717) is 6.54 Å². The number of amides is 1. The fourth-order valence-electron chi connectivity index (χ4n) is 2.18. The van der Waals surface area contributed by atoms with Gasteiger partial charge in [-0.15, -0.1) is 0 Å². The first kappa shape index (κ1) is 13.7. The van der Waals surface area contributed by atoms with Gasteiger partial charge in [0.2, 0.25) is 0 Å². The second-order valence-electron chi connectivity index (χ2n) is 5.84. The van der Waals surface area contributed by atoms with Crippen molar-refractivity contribution in [3.63, 3.8) is 0 Å². The van der Waals surface area contributed by atoms with Crippen molar-refractivity contribution >= 4 is 6.09 Å². The normalized spacial score (nSPS) is 22.8. The molecule has 1 aromatic rings. The number of carbonyl (C=O) groups excluding carboxylic acids is 1. The van der Waals surface area contributed by atoms with Crippen molar-refractivity contribution in [2.24, 2.45) is 5.73 Å². The summed E-state index contributed by atoms with van der Waals surface area (Å²) in [6, 6.07) is 6.44. The highest BCUT2D eigenvalue weighted by Gasteiger charge is 2.42. The molecule has 104 valence electrons. The average Bonchev–Trinajstić information content (AvgIpc) is 2.23. The lowest BCUT2D eigenvalue weighted by molar-refractivity contribution is -0.0134. The summed E-state index contributed by atoms with van der Waals surface area (Å²) in [4.78, 5) is 13.6. The fourth-order valence-corrected chi connectivity index (χ4v) is 2.18. The van der Waals surface area contributed by atoms with Crippen LogP contribution in [0.3, 0.4) is 0 Å². The summed E-state index contributed by atoms with van der Waals surface area (Å²) in [6.07, 6.45) is -0.373. The molecule has 2 unspecified atom stereocenters. The van der Waals surface area contributed by atoms with Crippen LogP contribution in [-0.2, 0) is 4.74 Å². The van der Waals surface area contributed by atoms with Crippen LogP contribution in [0.25, 0.3) is 0 Å². The molecule has 1 amide bonds. The van der Waals surface area contributed by atoms with E-state index >= 15 is 0 Å². The van der Waals surface area contributed by atoms with Gasteiger partial charge in [-0.25, -0.2) is 4.79 Å². The number of likely N-dealkylation sites (tertiary alicyclic amines) is 1. The number of hydrogen-bond donors (Lipinski definition) is 2. The van der Waals surface area contributed by atoms with Crippen LogP contribution in [-0.4, -0.2) is 34.3 Å². The van der Waals surface area contributed by atoms with Gasteiger partial charge in [-0.2, -0.15) is 0 Å². The maximum atomic E-state index is 12.0. The third kappa shape index (κ3) is 2.98. The molecule has 1 aliphatic heterocycles. The van der Waals surface area contributed by atoms with E-state index in [1.807, 2.05) is 26.8 Å². The molecular weight excluding hydrogens is 244 g/mol. The van der Waals surface area contributed by atoms with E-state index in [2.05, 4.69) is 0 Å². The van der Waals surface area contributed by atoms with Crippen molar-refractivity contribution in [3.8, 4) is 5.75 Å². The van der Waals surface area contributed by atoms with E-state index in [9.17, 15) is 9.90 Å². The topological polar surface area (TPSA) is 75.8 Å². The number of nitrogens with two attached hydrogens (primary N) is 1. The molecule has 19 heavy (non-hydrogen) atoms. The summed E-state index contributed by atoms with van der Waals surface area (Å²) in [5.41, 5.74) is 6.26. The van der Waals surface area contributed by atoms with Crippen LogP contribution >= 0.6 is 0 Å². The summed E-state index contributed by atoms with van der Waals surface area (Å²) < 4.78 is 5.34. The van der Waals surface area contributed by atoms with Gasteiger partial charge >= 0.3 is 6.09 Å². The molecule has 5 heteroatoms. The molecule has 1 aliphatic rings. The lowest BCUT2D eigenvalue weighted by Crippen LogP contribution is -2.60. The molecule has 2 rings (SSSR count). The average molecular weight is 264 g/mol. The predicted molar refractivity (Wildman–Crippen MR) is 71.8 cm³/mol. The van der Waals surface area contributed by atoms with Crippen molar-refractivity contribution in [1.29, 1.82) is 0 Å². The Kier molecular flexibility index (Phi) is 3.41. The molecule has 3 N–H and O–H groups in total. The molecule has 1 fully saturated rings. The van der Waals surface area contributed by atoms with Gasteiger partial charge in [0.05, 0.1) is 6.04 Å². The number of aromatic hydroxyl groups is 1. The minimum absolute atomic E-state index is 0.130. The van der Waals surface area contributed by atoms with Crippen LogP contribution in [0.1, 0.15) is 32.4 Å². The third-order valence-electron chi connectivity index (χ3n) is 2.99. The van der Waals surface area contributed by atoms with Crippen molar-refractivity contribution < 1.29 is 14.6 Å². The van der Waals surface area contributed by atoms with Gasteiger partial charge in [-0.1, -0.05) is 12.1 Å². The zero-order chi connectivity index (χ0) is 14.2. The van der Waals surface area contributed by atoms with Gasteiger partial charge in [0.1, 0.15) is 11.4 Å². The molecule has 0 spiro atoms.